The number of benzene rings is 2. The summed E-state index contributed by atoms with van der Waals surface area (Å²) in [6.07, 6.45) is 2.12. The van der Waals surface area contributed by atoms with Gasteiger partial charge in [-0.25, -0.2) is 4.79 Å². The quantitative estimate of drug-likeness (QED) is 0.186. The summed E-state index contributed by atoms with van der Waals surface area (Å²) in [5.74, 6) is -4.67. The van der Waals surface area contributed by atoms with E-state index < -0.39 is 60.2 Å². The fourth-order valence-electron chi connectivity index (χ4n) is 5.10. The van der Waals surface area contributed by atoms with Gasteiger partial charge in [-0.1, -0.05) is 48.5 Å². The van der Waals surface area contributed by atoms with Gasteiger partial charge >= 0.3 is 11.9 Å². The molecule has 3 amide bonds. The SMILES string of the molecule is NC(Cc1c[nH]c2ccccc12)C(=O)NC(Cc1ccccc1)C(=O)N1CCCC1C(=O)NC(CC(=O)O)C(=O)O. The van der Waals surface area contributed by atoms with Gasteiger partial charge in [-0.2, -0.15) is 0 Å². The maximum absolute atomic E-state index is 13.8. The number of nitrogens with one attached hydrogen (secondary N) is 3. The number of carboxylic acid groups (broad SMARTS) is 2. The number of rotatable bonds is 12. The number of H-pyrrole nitrogens is 1. The lowest BCUT2D eigenvalue weighted by molar-refractivity contribution is -0.148. The van der Waals surface area contributed by atoms with Crippen molar-refractivity contribution in [2.75, 3.05) is 6.54 Å². The third-order valence-corrected chi connectivity index (χ3v) is 7.18. The van der Waals surface area contributed by atoms with Crippen LogP contribution in [-0.4, -0.2) is 80.5 Å². The Morgan fingerprint density at radius 3 is 2.37 bits per heavy atom. The molecule has 4 atom stereocenters. The molecule has 3 aromatic rings. The summed E-state index contributed by atoms with van der Waals surface area (Å²) in [6, 6.07) is 12.1. The van der Waals surface area contributed by atoms with Crippen molar-refractivity contribution in [1.29, 1.82) is 0 Å². The number of hydrogen-bond acceptors (Lipinski definition) is 6. The Morgan fingerprint density at radius 1 is 0.951 bits per heavy atom. The van der Waals surface area contributed by atoms with E-state index in [-0.39, 0.29) is 25.8 Å². The van der Waals surface area contributed by atoms with E-state index in [1.165, 1.54) is 4.90 Å². The van der Waals surface area contributed by atoms with E-state index in [0.29, 0.717) is 6.42 Å². The van der Waals surface area contributed by atoms with Crippen LogP contribution in [0.25, 0.3) is 10.9 Å². The molecule has 7 N–H and O–H groups in total. The van der Waals surface area contributed by atoms with Gasteiger partial charge in [0.2, 0.25) is 17.7 Å². The molecule has 2 heterocycles. The molecule has 1 aliphatic rings. The van der Waals surface area contributed by atoms with Gasteiger partial charge in [0.1, 0.15) is 18.1 Å². The topological polar surface area (TPSA) is 195 Å². The van der Waals surface area contributed by atoms with Gasteiger partial charge in [0.15, 0.2) is 0 Å². The molecule has 0 bridgehead atoms. The summed E-state index contributed by atoms with van der Waals surface area (Å²) in [7, 11) is 0. The largest absolute Gasteiger partial charge is 0.481 e. The van der Waals surface area contributed by atoms with Gasteiger partial charge < -0.3 is 36.5 Å². The molecule has 4 rings (SSSR count). The van der Waals surface area contributed by atoms with E-state index in [0.717, 1.165) is 22.0 Å². The Hall–Kier alpha value is -4.71. The monoisotopic (exact) mass is 563 g/mol. The standard InChI is InChI=1S/C29H33N5O7/c30-20(14-18-16-31-21-10-5-4-9-19(18)21)26(37)32-22(13-17-7-2-1-3-8-17)28(39)34-12-6-11-24(34)27(38)33-23(29(40)41)15-25(35)36/h1-5,7-10,16,20,22-24,31H,6,11-15,30H2,(H,32,37)(H,33,38)(H,35,36)(H,40,41). The van der Waals surface area contributed by atoms with Gasteiger partial charge in [0.05, 0.1) is 12.5 Å². The molecule has 12 nitrogen and oxygen atoms in total. The molecule has 1 saturated heterocycles. The summed E-state index contributed by atoms with van der Waals surface area (Å²) in [6.45, 7) is 0.218. The van der Waals surface area contributed by atoms with Gasteiger partial charge in [-0.15, -0.1) is 0 Å². The molecule has 12 heteroatoms. The summed E-state index contributed by atoms with van der Waals surface area (Å²) in [5, 5.41) is 24.3. The number of carboxylic acids is 2. The lowest BCUT2D eigenvalue weighted by Crippen LogP contribution is -2.57. The first-order valence-electron chi connectivity index (χ1n) is 13.3. The molecule has 1 aliphatic heterocycles. The van der Waals surface area contributed by atoms with E-state index in [2.05, 4.69) is 15.6 Å². The zero-order valence-electron chi connectivity index (χ0n) is 22.3. The first kappa shape index (κ1) is 29.3. The number of hydrogen-bond donors (Lipinski definition) is 6. The molecule has 0 spiro atoms. The van der Waals surface area contributed by atoms with E-state index in [1.54, 1.807) is 6.20 Å². The third-order valence-electron chi connectivity index (χ3n) is 7.18. The first-order chi connectivity index (χ1) is 19.6. The summed E-state index contributed by atoms with van der Waals surface area (Å²) in [4.78, 5) is 67.0. The number of carbonyl (C=O) groups is 5. The van der Waals surface area contributed by atoms with Gasteiger partial charge in [-0.3, -0.25) is 19.2 Å². The highest BCUT2D eigenvalue weighted by Gasteiger charge is 2.39. The zero-order chi connectivity index (χ0) is 29.5. The first-order valence-corrected chi connectivity index (χ1v) is 13.3. The number of amides is 3. The molecule has 41 heavy (non-hydrogen) atoms. The predicted molar refractivity (Wildman–Crippen MR) is 149 cm³/mol. The lowest BCUT2D eigenvalue weighted by atomic mass is 10.0. The van der Waals surface area contributed by atoms with Crippen molar-refractivity contribution < 1.29 is 34.2 Å². The van der Waals surface area contributed by atoms with Gasteiger partial charge in [0, 0.05) is 30.1 Å². The maximum atomic E-state index is 13.8. The van der Waals surface area contributed by atoms with Crippen molar-refractivity contribution in [3.63, 3.8) is 0 Å². The number of aromatic nitrogens is 1. The van der Waals surface area contributed by atoms with Crippen molar-refractivity contribution in [3.8, 4) is 0 Å². The number of nitrogens with two attached hydrogens (primary N) is 1. The second kappa shape index (κ2) is 13.1. The van der Waals surface area contributed by atoms with Crippen molar-refractivity contribution in [2.24, 2.45) is 5.73 Å². The second-order valence-electron chi connectivity index (χ2n) is 10.1. The smallest absolute Gasteiger partial charge is 0.326 e. The Labute approximate surface area is 235 Å². The summed E-state index contributed by atoms with van der Waals surface area (Å²) in [5.41, 5.74) is 8.83. The fourth-order valence-corrected chi connectivity index (χ4v) is 5.10. The minimum Gasteiger partial charge on any atom is -0.481 e. The van der Waals surface area contributed by atoms with Crippen LogP contribution in [0.15, 0.2) is 60.8 Å². The lowest BCUT2D eigenvalue weighted by Gasteiger charge is -2.30. The summed E-state index contributed by atoms with van der Waals surface area (Å²) >= 11 is 0. The second-order valence-corrected chi connectivity index (χ2v) is 10.1. The predicted octanol–water partition coefficient (Wildman–Crippen LogP) is 0.800. The van der Waals surface area contributed by atoms with Crippen LogP contribution < -0.4 is 16.4 Å². The molecule has 0 saturated carbocycles. The molecule has 0 radical (unpaired) electrons. The van der Waals surface area contributed by atoms with Crippen LogP contribution in [0.3, 0.4) is 0 Å². The molecule has 1 aromatic heterocycles. The van der Waals surface area contributed by atoms with Crippen molar-refractivity contribution in [2.45, 2.75) is 56.3 Å². The highest BCUT2D eigenvalue weighted by Crippen LogP contribution is 2.21. The van der Waals surface area contributed by atoms with Crippen LogP contribution in [-0.2, 0) is 36.8 Å². The zero-order valence-corrected chi connectivity index (χ0v) is 22.3. The minimum atomic E-state index is -1.64. The average molecular weight is 564 g/mol. The number of fused-ring (bicyclic) bond motifs is 1. The normalized spacial score (nSPS) is 17.0. The van der Waals surface area contributed by atoms with Gasteiger partial charge in [0.25, 0.3) is 0 Å². The van der Waals surface area contributed by atoms with Crippen molar-refractivity contribution in [3.05, 3.63) is 71.9 Å². The summed E-state index contributed by atoms with van der Waals surface area (Å²) < 4.78 is 0. The third kappa shape index (κ3) is 7.28. The number of para-hydroxylation sites is 1. The Bertz CT molecular complexity index is 1420. The van der Waals surface area contributed by atoms with Crippen LogP contribution in [0.4, 0.5) is 0 Å². The van der Waals surface area contributed by atoms with Crippen LogP contribution in [0, 0.1) is 0 Å². The van der Waals surface area contributed by atoms with E-state index in [1.807, 2.05) is 54.6 Å². The number of aliphatic carboxylic acids is 2. The molecular weight excluding hydrogens is 530 g/mol. The van der Waals surface area contributed by atoms with E-state index >= 15 is 0 Å². The Kier molecular flexibility index (Phi) is 9.35. The fraction of sp³-hybridized carbons (Fsp3) is 0.345. The highest BCUT2D eigenvalue weighted by molar-refractivity contribution is 5.95. The number of carbonyl (C=O) groups excluding carboxylic acids is 3. The maximum Gasteiger partial charge on any atom is 0.326 e. The van der Waals surface area contributed by atoms with Crippen LogP contribution in [0.5, 0.6) is 0 Å². The van der Waals surface area contributed by atoms with Crippen LogP contribution in [0.2, 0.25) is 0 Å². The average Bonchev–Trinajstić information content (AvgIpc) is 3.60. The Balaban J connectivity index is 1.50. The highest BCUT2D eigenvalue weighted by atomic mass is 16.4. The van der Waals surface area contributed by atoms with E-state index in [9.17, 15) is 29.1 Å². The molecule has 216 valence electrons. The van der Waals surface area contributed by atoms with Crippen molar-refractivity contribution in [1.82, 2.24) is 20.5 Å². The molecule has 0 aliphatic carbocycles. The number of nitrogens with zero attached hydrogens (tertiary/aromatic N) is 1. The molecule has 4 unspecified atom stereocenters. The number of aromatic amines is 1. The number of likely N-dealkylation sites (tertiary alicyclic amines) is 1. The van der Waals surface area contributed by atoms with E-state index in [4.69, 9.17) is 10.8 Å². The van der Waals surface area contributed by atoms with Crippen molar-refractivity contribution >= 4 is 40.6 Å². The Morgan fingerprint density at radius 2 is 1.66 bits per heavy atom. The van der Waals surface area contributed by atoms with Crippen LogP contribution >= 0.6 is 0 Å². The molecule has 2 aromatic carbocycles. The minimum absolute atomic E-state index is 0.146. The van der Waals surface area contributed by atoms with Gasteiger partial charge in [-0.05, 0) is 36.5 Å². The molecule has 1 fully saturated rings. The van der Waals surface area contributed by atoms with Crippen LogP contribution in [0.1, 0.15) is 30.4 Å². The molecular formula is C29H33N5O7.